The summed E-state index contributed by atoms with van der Waals surface area (Å²) in [6.07, 6.45) is 2.15. The van der Waals surface area contributed by atoms with E-state index in [2.05, 4.69) is 33.1 Å². The summed E-state index contributed by atoms with van der Waals surface area (Å²) >= 11 is 3.31. The molecule has 2 N–H and O–H groups in total. The fourth-order valence-electron chi connectivity index (χ4n) is 3.49. The minimum absolute atomic E-state index is 0.0843. The Morgan fingerprint density at radius 3 is 2.62 bits per heavy atom. The maximum atomic E-state index is 12.3. The number of hydrogen-bond donors (Lipinski definition) is 2. The van der Waals surface area contributed by atoms with Gasteiger partial charge in [-0.25, -0.2) is 4.98 Å². The maximum Gasteiger partial charge on any atom is 0.251 e. The molecule has 32 heavy (non-hydrogen) atoms. The van der Waals surface area contributed by atoms with Crippen LogP contribution in [0, 0.1) is 6.92 Å². The average molecular weight is 469 g/mol. The van der Waals surface area contributed by atoms with Crippen LogP contribution in [0.25, 0.3) is 10.6 Å². The van der Waals surface area contributed by atoms with Gasteiger partial charge in [-0.15, -0.1) is 22.7 Å². The van der Waals surface area contributed by atoms with Crippen LogP contribution in [0.5, 0.6) is 0 Å². The third-order valence-corrected chi connectivity index (χ3v) is 7.09. The standard InChI is InChI=1S/C23H24N4O3S2/c1-15-26-19(14-31-15)20-9-8-18(32-20)10-11-24-21(28)13-25-23(30)16-4-6-17(7-5-16)27-12-2-3-22(27)29/h4-9,14H,2-3,10-13H2,1H3,(H,24,28)(H,25,30). The summed E-state index contributed by atoms with van der Waals surface area (Å²) in [5.74, 6) is -0.443. The Hall–Kier alpha value is -3.04. The first-order valence-electron chi connectivity index (χ1n) is 10.5. The molecule has 1 aliphatic heterocycles. The van der Waals surface area contributed by atoms with E-state index in [1.807, 2.05) is 6.92 Å². The number of rotatable bonds is 8. The Kier molecular flexibility index (Phi) is 6.96. The van der Waals surface area contributed by atoms with Gasteiger partial charge in [-0.2, -0.15) is 0 Å². The van der Waals surface area contributed by atoms with Gasteiger partial charge in [-0.05, 0) is 56.2 Å². The summed E-state index contributed by atoms with van der Waals surface area (Å²) in [6, 6.07) is 11.0. The smallest absolute Gasteiger partial charge is 0.251 e. The topological polar surface area (TPSA) is 91.4 Å². The second-order valence-corrected chi connectivity index (χ2v) is 9.73. The molecular formula is C23H24N4O3S2. The number of aromatic nitrogens is 1. The van der Waals surface area contributed by atoms with Gasteiger partial charge in [0.05, 0.1) is 22.1 Å². The average Bonchev–Trinajstić information content (AvgIpc) is 3.53. The van der Waals surface area contributed by atoms with E-state index in [0.717, 1.165) is 34.1 Å². The molecule has 0 spiro atoms. The van der Waals surface area contributed by atoms with Gasteiger partial charge < -0.3 is 15.5 Å². The monoisotopic (exact) mass is 468 g/mol. The Morgan fingerprint density at radius 2 is 1.94 bits per heavy atom. The van der Waals surface area contributed by atoms with E-state index in [1.165, 1.54) is 4.88 Å². The van der Waals surface area contributed by atoms with Gasteiger partial charge in [0, 0.05) is 41.0 Å². The lowest BCUT2D eigenvalue weighted by atomic mass is 10.2. The molecule has 0 radical (unpaired) electrons. The van der Waals surface area contributed by atoms with Crippen molar-refractivity contribution in [2.45, 2.75) is 26.2 Å². The summed E-state index contributed by atoms with van der Waals surface area (Å²) in [5, 5.41) is 8.57. The number of hydrogen-bond acceptors (Lipinski definition) is 6. The SMILES string of the molecule is Cc1nc(-c2ccc(CCNC(=O)CNC(=O)c3ccc(N4CCCC4=O)cc3)s2)cs1. The highest BCUT2D eigenvalue weighted by Gasteiger charge is 2.21. The summed E-state index contributed by atoms with van der Waals surface area (Å²) in [5.41, 5.74) is 2.25. The molecule has 0 saturated carbocycles. The van der Waals surface area contributed by atoms with Crippen molar-refractivity contribution in [3.63, 3.8) is 0 Å². The second kappa shape index (κ2) is 10.1. The van der Waals surface area contributed by atoms with Gasteiger partial charge in [-0.3, -0.25) is 14.4 Å². The molecule has 1 aromatic carbocycles. The molecule has 7 nitrogen and oxygen atoms in total. The highest BCUT2D eigenvalue weighted by Crippen LogP contribution is 2.29. The lowest BCUT2D eigenvalue weighted by Gasteiger charge is -2.15. The van der Waals surface area contributed by atoms with Gasteiger partial charge in [-0.1, -0.05) is 0 Å². The quantitative estimate of drug-likeness (QED) is 0.530. The van der Waals surface area contributed by atoms with Crippen LogP contribution in [0.3, 0.4) is 0 Å². The predicted octanol–water partition coefficient (Wildman–Crippen LogP) is 3.40. The summed E-state index contributed by atoms with van der Waals surface area (Å²) in [7, 11) is 0. The van der Waals surface area contributed by atoms with Crippen LogP contribution in [0.1, 0.15) is 33.1 Å². The molecule has 2 aromatic heterocycles. The molecule has 4 rings (SSSR count). The van der Waals surface area contributed by atoms with Crippen molar-refractivity contribution in [1.29, 1.82) is 0 Å². The number of amides is 3. The summed E-state index contributed by atoms with van der Waals surface area (Å²) in [4.78, 5) is 44.7. The number of nitrogens with one attached hydrogen (secondary N) is 2. The first kappa shape index (κ1) is 22.2. The number of nitrogens with zero attached hydrogens (tertiary/aromatic N) is 2. The third-order valence-electron chi connectivity index (χ3n) is 5.15. The Balaban J connectivity index is 1.19. The van der Waals surface area contributed by atoms with Crippen molar-refractivity contribution in [1.82, 2.24) is 15.6 Å². The Labute approximate surface area is 194 Å². The van der Waals surface area contributed by atoms with Gasteiger partial charge >= 0.3 is 0 Å². The van der Waals surface area contributed by atoms with Crippen molar-refractivity contribution in [3.05, 3.63) is 57.2 Å². The molecule has 1 saturated heterocycles. The molecule has 0 atom stereocenters. The van der Waals surface area contributed by atoms with Gasteiger partial charge in [0.1, 0.15) is 0 Å². The van der Waals surface area contributed by atoms with E-state index < -0.39 is 0 Å². The van der Waals surface area contributed by atoms with E-state index in [4.69, 9.17) is 0 Å². The van der Waals surface area contributed by atoms with Crippen LogP contribution in [-0.2, 0) is 16.0 Å². The Morgan fingerprint density at radius 1 is 1.12 bits per heavy atom. The van der Waals surface area contributed by atoms with E-state index >= 15 is 0 Å². The largest absolute Gasteiger partial charge is 0.354 e. The minimum atomic E-state index is -0.319. The van der Waals surface area contributed by atoms with Crippen molar-refractivity contribution in [2.24, 2.45) is 0 Å². The van der Waals surface area contributed by atoms with Crippen molar-refractivity contribution in [3.8, 4) is 10.6 Å². The zero-order chi connectivity index (χ0) is 22.5. The van der Waals surface area contributed by atoms with E-state index in [-0.39, 0.29) is 24.3 Å². The number of anilines is 1. The zero-order valence-electron chi connectivity index (χ0n) is 17.7. The lowest BCUT2D eigenvalue weighted by molar-refractivity contribution is -0.120. The zero-order valence-corrected chi connectivity index (χ0v) is 19.4. The first-order valence-corrected chi connectivity index (χ1v) is 12.2. The molecule has 1 aliphatic rings. The minimum Gasteiger partial charge on any atom is -0.354 e. The molecule has 1 fully saturated rings. The van der Waals surface area contributed by atoms with Gasteiger partial charge in [0.2, 0.25) is 11.8 Å². The molecule has 3 amide bonds. The number of thiophene rings is 1. The Bertz CT molecular complexity index is 1120. The number of aryl methyl sites for hydroxylation is 1. The van der Waals surface area contributed by atoms with Crippen molar-refractivity contribution >= 4 is 46.1 Å². The fraction of sp³-hybridized carbons (Fsp3) is 0.304. The van der Waals surface area contributed by atoms with Crippen LogP contribution in [0.4, 0.5) is 5.69 Å². The maximum absolute atomic E-state index is 12.3. The number of benzene rings is 1. The van der Waals surface area contributed by atoms with E-state index in [0.29, 0.717) is 25.1 Å². The highest BCUT2D eigenvalue weighted by molar-refractivity contribution is 7.16. The molecular weight excluding hydrogens is 444 g/mol. The van der Waals surface area contributed by atoms with Crippen LogP contribution >= 0.6 is 22.7 Å². The van der Waals surface area contributed by atoms with Crippen molar-refractivity contribution in [2.75, 3.05) is 24.5 Å². The number of carbonyl (C=O) groups excluding carboxylic acids is 3. The molecule has 9 heteroatoms. The molecule has 166 valence electrons. The van der Waals surface area contributed by atoms with Crippen LogP contribution in [0.15, 0.2) is 41.8 Å². The number of carbonyl (C=O) groups is 3. The summed E-state index contributed by atoms with van der Waals surface area (Å²) in [6.45, 7) is 3.12. The first-order chi connectivity index (χ1) is 15.5. The molecule has 0 aliphatic carbocycles. The predicted molar refractivity (Wildman–Crippen MR) is 127 cm³/mol. The highest BCUT2D eigenvalue weighted by atomic mass is 32.1. The summed E-state index contributed by atoms with van der Waals surface area (Å²) < 4.78 is 0. The molecule has 3 heterocycles. The van der Waals surface area contributed by atoms with Crippen LogP contribution in [0.2, 0.25) is 0 Å². The van der Waals surface area contributed by atoms with Gasteiger partial charge in [0.25, 0.3) is 5.91 Å². The van der Waals surface area contributed by atoms with Crippen molar-refractivity contribution < 1.29 is 14.4 Å². The van der Waals surface area contributed by atoms with E-state index in [1.54, 1.807) is 51.8 Å². The normalized spacial score (nSPS) is 13.4. The molecule has 0 unspecified atom stereocenters. The molecule has 0 bridgehead atoms. The van der Waals surface area contributed by atoms with Crippen LogP contribution < -0.4 is 15.5 Å². The van der Waals surface area contributed by atoms with Crippen LogP contribution in [-0.4, -0.2) is 42.3 Å². The van der Waals surface area contributed by atoms with Gasteiger partial charge in [0.15, 0.2) is 0 Å². The number of thiazole rings is 1. The second-order valence-electron chi connectivity index (χ2n) is 7.50. The lowest BCUT2D eigenvalue weighted by Crippen LogP contribution is -2.37. The fourth-order valence-corrected chi connectivity index (χ4v) is 5.15. The van der Waals surface area contributed by atoms with E-state index in [9.17, 15) is 14.4 Å². The third kappa shape index (κ3) is 5.41. The molecule has 3 aromatic rings.